The maximum absolute atomic E-state index is 12.9. The lowest BCUT2D eigenvalue weighted by atomic mass is 9.95. The normalized spacial score (nSPS) is 12.8. The van der Waals surface area contributed by atoms with Crippen LogP contribution in [-0.2, 0) is 17.1 Å². The topological polar surface area (TPSA) is 264 Å². The minimum absolute atomic E-state index is 0.0526. The number of aryl methyl sites for hydroxylation is 5. The fourth-order valence-electron chi connectivity index (χ4n) is 17.2. The summed E-state index contributed by atoms with van der Waals surface area (Å²) < 4.78 is 79.3. The SMILES string of the molecule is Cc1ccc(NC(=O)C2=NN=C(C3CC3)C2)cc1-c1ccc2ccncc2c1.Cc1ccc(NC(=O)NC2CCCCC2)cc1-c1ccc2ccncc2c1.Cc1ccc(NC(=O)Nc2ccccc2Cl)cc1-c1ccc2ccncc2c1.Cc1ccc(NC(=O)c2cccc(C(F)(F)F)c2)cc1-c1ccc(-n2cccn2)cc1.Cc1ccc(NC(=O)c2cccc(C(F)(F)F)c2)cc1-c1cccc2cnccc12. The smallest absolute Gasteiger partial charge is 0.335 e. The van der Waals surface area contributed by atoms with E-state index in [9.17, 15) is 50.3 Å². The Hall–Kier alpha value is -17.1. The van der Waals surface area contributed by atoms with Gasteiger partial charge in [0.15, 0.2) is 0 Å². The zero-order chi connectivity index (χ0) is 101. The molecule has 7 N–H and O–H groups in total. The minimum Gasteiger partial charge on any atom is -0.335 e. The predicted octanol–water partition coefficient (Wildman–Crippen LogP) is 29.5. The molecule has 1 aliphatic heterocycles. The van der Waals surface area contributed by atoms with Gasteiger partial charge in [-0.15, -0.1) is 5.10 Å². The molecule has 6 heterocycles. The molecule has 27 heteroatoms. The molecule has 5 aromatic heterocycles. The summed E-state index contributed by atoms with van der Waals surface area (Å²) in [5.74, 6) is -0.827. The molecule has 0 atom stereocenters. The summed E-state index contributed by atoms with van der Waals surface area (Å²) in [6.07, 6.45) is 17.8. The van der Waals surface area contributed by atoms with E-state index < -0.39 is 35.3 Å². The van der Waals surface area contributed by atoms with Crippen molar-refractivity contribution < 1.29 is 50.3 Å². The van der Waals surface area contributed by atoms with E-state index >= 15 is 0 Å². The first-order valence-electron chi connectivity index (χ1n) is 46.9. The molecule has 2 fully saturated rings. The van der Waals surface area contributed by atoms with E-state index in [1.807, 2.05) is 203 Å². The Kier molecular flexibility index (Phi) is 30.5. The molecule has 21 rings (SSSR count). The van der Waals surface area contributed by atoms with Gasteiger partial charge in [0.2, 0.25) is 0 Å². The van der Waals surface area contributed by atoms with E-state index in [0.29, 0.717) is 51.9 Å². The average molecular weight is 1940 g/mol. The number of fused-ring (bicyclic) bond motifs is 4. The molecule has 720 valence electrons. The van der Waals surface area contributed by atoms with E-state index in [2.05, 4.69) is 154 Å². The van der Waals surface area contributed by atoms with Gasteiger partial charge in [-0.2, -0.15) is 36.5 Å². The molecule has 2 saturated carbocycles. The maximum atomic E-state index is 12.9. The van der Waals surface area contributed by atoms with Crippen molar-refractivity contribution in [1.29, 1.82) is 0 Å². The first kappa shape index (κ1) is 98.5. The largest absolute Gasteiger partial charge is 0.416 e. The molecule has 0 bridgehead atoms. The second-order valence-corrected chi connectivity index (χ2v) is 35.9. The molecule has 0 radical (unpaired) electrons. The summed E-state index contributed by atoms with van der Waals surface area (Å²) in [5, 5.41) is 41.9. The van der Waals surface area contributed by atoms with E-state index in [1.54, 1.807) is 59.9 Å². The summed E-state index contributed by atoms with van der Waals surface area (Å²) in [7, 11) is 0. The van der Waals surface area contributed by atoms with E-state index in [1.165, 1.54) is 67.3 Å². The summed E-state index contributed by atoms with van der Waals surface area (Å²) in [6, 6.07) is 86.9. The number of urea groups is 2. The molecule has 144 heavy (non-hydrogen) atoms. The third kappa shape index (κ3) is 25.0. The number of anilines is 6. The summed E-state index contributed by atoms with van der Waals surface area (Å²) >= 11 is 6.10. The molecule has 3 aliphatic rings. The van der Waals surface area contributed by atoms with Crippen LogP contribution in [0.3, 0.4) is 0 Å². The fourth-order valence-corrected chi connectivity index (χ4v) is 17.4. The van der Waals surface area contributed by atoms with Gasteiger partial charge in [-0.1, -0.05) is 152 Å². The highest BCUT2D eigenvalue weighted by Crippen LogP contribution is 2.40. The van der Waals surface area contributed by atoms with Crippen molar-refractivity contribution in [3.8, 4) is 61.3 Å². The minimum atomic E-state index is -4.50. The van der Waals surface area contributed by atoms with Gasteiger partial charge >= 0.3 is 24.4 Å². The van der Waals surface area contributed by atoms with Crippen LogP contribution in [0.1, 0.15) is 111 Å². The molecule has 2 aliphatic carbocycles. The number of carbonyl (C=O) groups is 5. The molecule has 0 saturated heterocycles. The van der Waals surface area contributed by atoms with Crippen molar-refractivity contribution in [2.45, 2.75) is 104 Å². The molecule has 13 aromatic carbocycles. The Labute approximate surface area is 832 Å². The first-order valence-corrected chi connectivity index (χ1v) is 47.3. The van der Waals surface area contributed by atoms with Crippen molar-refractivity contribution in [1.82, 2.24) is 35.0 Å². The Morgan fingerprint density at radius 2 is 0.778 bits per heavy atom. The molecule has 18 aromatic rings. The number of hydrogen-bond acceptors (Lipinski definition) is 12. The number of aromatic nitrogens is 6. The molecule has 20 nitrogen and oxygen atoms in total. The fraction of sp³-hybridized carbons (Fsp3) is 0.145. The van der Waals surface area contributed by atoms with Crippen LogP contribution in [0, 0.1) is 40.5 Å². The second kappa shape index (κ2) is 44.6. The quantitative estimate of drug-likeness (QED) is 0.0424. The maximum Gasteiger partial charge on any atom is 0.416 e. The third-order valence-corrected chi connectivity index (χ3v) is 25.5. The molecule has 7 amide bonds. The Morgan fingerprint density at radius 1 is 0.347 bits per heavy atom. The zero-order valence-corrected chi connectivity index (χ0v) is 79.8. The monoisotopic (exact) mass is 1940 g/mol. The molecule has 0 spiro atoms. The van der Waals surface area contributed by atoms with Gasteiger partial charge in [-0.25, -0.2) is 14.3 Å². The molecular formula is C117H98ClF6N15O5. The third-order valence-electron chi connectivity index (χ3n) is 25.2. The zero-order valence-electron chi connectivity index (χ0n) is 79.1. The Balaban J connectivity index is 0.000000124. The van der Waals surface area contributed by atoms with Gasteiger partial charge in [-0.3, -0.25) is 34.3 Å². The van der Waals surface area contributed by atoms with Crippen molar-refractivity contribution in [2.24, 2.45) is 16.1 Å². The van der Waals surface area contributed by atoms with Gasteiger partial charge in [0.25, 0.3) is 17.7 Å². The lowest BCUT2D eigenvalue weighted by Gasteiger charge is -2.23. The van der Waals surface area contributed by atoms with Crippen LogP contribution in [0.5, 0.6) is 0 Å². The lowest BCUT2D eigenvalue weighted by molar-refractivity contribution is -0.138. The van der Waals surface area contributed by atoms with Crippen LogP contribution in [0.4, 0.5) is 70.1 Å². The Morgan fingerprint density at radius 3 is 1.25 bits per heavy atom. The number of hydrogen-bond donors (Lipinski definition) is 7. The highest BCUT2D eigenvalue weighted by Gasteiger charge is 2.35. The van der Waals surface area contributed by atoms with Crippen LogP contribution >= 0.6 is 11.6 Å². The highest BCUT2D eigenvalue weighted by atomic mass is 35.5. The van der Waals surface area contributed by atoms with E-state index in [0.717, 1.165) is 175 Å². The lowest BCUT2D eigenvalue weighted by Crippen LogP contribution is -2.39. The highest BCUT2D eigenvalue weighted by molar-refractivity contribution is 6.47. The van der Waals surface area contributed by atoms with E-state index in [-0.39, 0.29) is 29.1 Å². The Bertz CT molecular complexity index is 7890. The number of halogens is 7. The van der Waals surface area contributed by atoms with Gasteiger partial charge in [0.05, 0.1) is 27.5 Å². The van der Waals surface area contributed by atoms with Crippen molar-refractivity contribution in [3.05, 3.63) is 408 Å². The number of rotatable bonds is 17. The number of alkyl halides is 6. The first-order chi connectivity index (χ1) is 69.6. The number of nitrogens with one attached hydrogen (secondary N) is 7. The van der Waals surface area contributed by atoms with E-state index in [4.69, 9.17) is 11.6 Å². The van der Waals surface area contributed by atoms with Crippen molar-refractivity contribution in [3.63, 3.8) is 0 Å². The number of nitrogens with zero attached hydrogens (tertiary/aromatic N) is 8. The van der Waals surface area contributed by atoms with Gasteiger partial charge in [0, 0.05) is 141 Å². The van der Waals surface area contributed by atoms with Crippen LogP contribution in [-0.4, -0.2) is 77.0 Å². The summed E-state index contributed by atoms with van der Waals surface area (Å²) in [6.45, 7) is 10.1. The summed E-state index contributed by atoms with van der Waals surface area (Å²) in [5.41, 5.74) is 20.3. The number of pyridine rings is 4. The second-order valence-electron chi connectivity index (χ2n) is 35.5. The van der Waals surface area contributed by atoms with Gasteiger partial charge in [0.1, 0.15) is 5.71 Å². The van der Waals surface area contributed by atoms with Crippen LogP contribution in [0.25, 0.3) is 104 Å². The van der Waals surface area contributed by atoms with Crippen LogP contribution in [0.2, 0.25) is 5.02 Å². The van der Waals surface area contributed by atoms with Crippen molar-refractivity contribution >= 4 is 130 Å². The van der Waals surface area contributed by atoms with Crippen LogP contribution in [0.15, 0.2) is 363 Å². The van der Waals surface area contributed by atoms with Crippen molar-refractivity contribution in [2.75, 3.05) is 31.9 Å². The predicted molar refractivity (Wildman–Crippen MR) is 564 cm³/mol. The average Bonchev–Trinajstić information content (AvgIpc) is 1.19. The number of amides is 7. The number of para-hydroxylation sites is 1. The van der Waals surface area contributed by atoms with Gasteiger partial charge in [-0.05, 0) is 341 Å². The standard InChI is InChI=1S/C24H18F3N3O.C24H17F3N2O.C23H18ClN3O.C23H20N4O.C23H25N3O/c1-16-6-9-20(29-23(31)18-4-2-5-19(14-18)24(25,26)27)15-22(16)17-7-10-21(11-8-17)30-13-3-12-28-30;1-15-8-9-19(29-23(30)16-4-2-6-18(12-16)24(25,26)27)13-22(15)21-7-3-5-17-14-28-11-10-20(17)21;1-15-6-9-19(26-23(28)27-22-5-3-2-4-21(22)24)13-20(15)17-8-7-16-10-11-25-14-18(16)12-17;1-14-2-7-19(25-23(28)22-12-21(26-27-22)16-4-5-16)11-20(14)17-6-3-15-8-9-24-13-18(15)10-17;1-16-7-10-21(26-23(27)25-20-5-3-2-4-6-20)14-22(16)18-9-8-17-11-12-24-15-19(17)13-18/h2-15H,1H3,(H,29,31);2-14H,1H3,(H,29,30);2-14H,1H3,(H2,26,27,28);2-3,6-11,13,16H,4-5,12H2,1H3,(H,25,28);7-15,20H,2-6H2,1H3,(H2,25,26,27). The van der Waals surface area contributed by atoms with Gasteiger partial charge < -0.3 is 37.2 Å². The van der Waals surface area contributed by atoms with Crippen LogP contribution < -0.4 is 37.2 Å². The number of carbonyl (C=O) groups excluding carboxylic acids is 5. The molecule has 0 unspecified atom stereocenters. The number of benzene rings is 13. The summed E-state index contributed by atoms with van der Waals surface area (Å²) in [4.78, 5) is 79.1. The molecular weight excluding hydrogens is 1840 g/mol.